The number of hydrogen-bond acceptors (Lipinski definition) is 4. The number of hydrogen-bond donors (Lipinski definition) is 1. The SMILES string of the molecule is Cc1ccc(N=c2oc3ccc(Br)cc3cc2C(=O)Nc2ccccn2)c(C)c1. The van der Waals surface area contributed by atoms with Gasteiger partial charge in [0, 0.05) is 16.1 Å². The van der Waals surface area contributed by atoms with E-state index in [-0.39, 0.29) is 11.5 Å². The Kier molecular flexibility index (Phi) is 5.27. The number of rotatable bonds is 3. The minimum absolute atomic E-state index is 0.250. The largest absolute Gasteiger partial charge is 0.438 e. The number of nitrogens with one attached hydrogen (secondary N) is 1. The number of carbonyl (C=O) groups is 1. The lowest BCUT2D eigenvalue weighted by Crippen LogP contribution is -2.22. The maximum atomic E-state index is 13.0. The lowest BCUT2D eigenvalue weighted by atomic mass is 10.1. The van der Waals surface area contributed by atoms with Crippen LogP contribution in [0.3, 0.4) is 0 Å². The smallest absolute Gasteiger partial charge is 0.262 e. The zero-order valence-electron chi connectivity index (χ0n) is 15.9. The van der Waals surface area contributed by atoms with Crippen molar-refractivity contribution in [2.75, 3.05) is 5.32 Å². The highest BCUT2D eigenvalue weighted by Crippen LogP contribution is 2.22. The fraction of sp³-hybridized carbons (Fsp3) is 0.0870. The van der Waals surface area contributed by atoms with Gasteiger partial charge in [-0.2, -0.15) is 0 Å². The fourth-order valence-corrected chi connectivity index (χ4v) is 3.39. The molecule has 4 rings (SSSR count). The second kappa shape index (κ2) is 8.01. The van der Waals surface area contributed by atoms with Crippen LogP contribution in [0.5, 0.6) is 0 Å². The summed E-state index contributed by atoms with van der Waals surface area (Å²) in [5, 5.41) is 3.60. The highest BCUT2D eigenvalue weighted by Gasteiger charge is 2.14. The van der Waals surface area contributed by atoms with Crippen molar-refractivity contribution in [3.63, 3.8) is 0 Å². The molecule has 144 valence electrons. The standard InChI is InChI=1S/C23H18BrN3O2/c1-14-6-8-19(15(2)11-14)26-23-18(22(28)27-21-5-3-4-10-25-21)13-16-12-17(24)7-9-20(16)29-23/h3-13H,1-2H3,(H,25,27,28). The molecule has 2 aromatic heterocycles. The van der Waals surface area contributed by atoms with Crippen LogP contribution in [0.4, 0.5) is 11.5 Å². The Labute approximate surface area is 176 Å². The molecule has 4 aromatic rings. The molecule has 0 unspecified atom stereocenters. The van der Waals surface area contributed by atoms with Crippen LogP contribution >= 0.6 is 15.9 Å². The topological polar surface area (TPSA) is 67.5 Å². The van der Waals surface area contributed by atoms with Crippen LogP contribution in [0, 0.1) is 13.8 Å². The number of carbonyl (C=O) groups excluding carboxylic acids is 1. The zero-order chi connectivity index (χ0) is 20.4. The molecule has 1 amide bonds. The Morgan fingerprint density at radius 2 is 1.93 bits per heavy atom. The van der Waals surface area contributed by atoms with Gasteiger partial charge in [-0.3, -0.25) is 4.79 Å². The van der Waals surface area contributed by atoms with Crippen molar-refractivity contribution in [2.24, 2.45) is 4.99 Å². The molecule has 2 heterocycles. The first kappa shape index (κ1) is 19.1. The van der Waals surface area contributed by atoms with Gasteiger partial charge in [0.15, 0.2) is 0 Å². The first-order chi connectivity index (χ1) is 14.0. The van der Waals surface area contributed by atoms with Gasteiger partial charge in [0.1, 0.15) is 17.0 Å². The number of aromatic nitrogens is 1. The molecule has 0 fully saturated rings. The monoisotopic (exact) mass is 447 g/mol. The molecule has 0 radical (unpaired) electrons. The number of aryl methyl sites for hydroxylation is 2. The summed E-state index contributed by atoms with van der Waals surface area (Å²) in [5.41, 5.74) is 4.14. The second-order valence-electron chi connectivity index (χ2n) is 6.72. The van der Waals surface area contributed by atoms with Gasteiger partial charge in [-0.05, 0) is 61.9 Å². The van der Waals surface area contributed by atoms with Crippen molar-refractivity contribution in [2.45, 2.75) is 13.8 Å². The number of benzene rings is 2. The fourth-order valence-electron chi connectivity index (χ4n) is 3.01. The van der Waals surface area contributed by atoms with Crippen LogP contribution in [0.2, 0.25) is 0 Å². The molecular formula is C23H18BrN3O2. The predicted octanol–water partition coefficient (Wildman–Crippen LogP) is 5.69. The number of nitrogens with zero attached hydrogens (tertiary/aromatic N) is 2. The summed E-state index contributed by atoms with van der Waals surface area (Å²) >= 11 is 3.46. The second-order valence-corrected chi connectivity index (χ2v) is 7.63. The third-order valence-corrected chi connectivity index (χ3v) is 4.93. The Morgan fingerprint density at radius 3 is 2.69 bits per heavy atom. The molecule has 0 aliphatic rings. The van der Waals surface area contributed by atoms with Gasteiger partial charge in [-0.15, -0.1) is 0 Å². The van der Waals surface area contributed by atoms with E-state index in [4.69, 9.17) is 4.42 Å². The minimum atomic E-state index is -0.335. The maximum absolute atomic E-state index is 13.0. The average molecular weight is 448 g/mol. The third kappa shape index (κ3) is 4.27. The summed E-state index contributed by atoms with van der Waals surface area (Å²) in [6, 6.07) is 18.7. The summed E-state index contributed by atoms with van der Waals surface area (Å²) in [7, 11) is 0. The number of anilines is 1. The molecule has 0 aliphatic heterocycles. The van der Waals surface area contributed by atoms with E-state index < -0.39 is 0 Å². The van der Waals surface area contributed by atoms with Crippen molar-refractivity contribution >= 4 is 44.3 Å². The van der Waals surface area contributed by atoms with Gasteiger partial charge in [0.25, 0.3) is 5.91 Å². The lowest BCUT2D eigenvalue weighted by Gasteiger charge is -2.07. The summed E-state index contributed by atoms with van der Waals surface area (Å²) < 4.78 is 6.93. The summed E-state index contributed by atoms with van der Waals surface area (Å²) in [6.07, 6.45) is 1.62. The van der Waals surface area contributed by atoms with E-state index in [1.54, 1.807) is 24.4 Å². The summed E-state index contributed by atoms with van der Waals surface area (Å²) in [4.78, 5) is 21.8. The molecule has 29 heavy (non-hydrogen) atoms. The molecule has 5 nitrogen and oxygen atoms in total. The van der Waals surface area contributed by atoms with Gasteiger partial charge in [-0.1, -0.05) is 39.7 Å². The van der Waals surface area contributed by atoms with Crippen LogP contribution < -0.4 is 10.9 Å². The predicted molar refractivity (Wildman–Crippen MR) is 117 cm³/mol. The number of amides is 1. The van der Waals surface area contributed by atoms with Crippen molar-refractivity contribution < 1.29 is 9.21 Å². The van der Waals surface area contributed by atoms with Gasteiger partial charge >= 0.3 is 0 Å². The Bertz CT molecular complexity index is 1280. The Balaban J connectivity index is 1.89. The summed E-state index contributed by atoms with van der Waals surface area (Å²) in [6.45, 7) is 4.01. The number of fused-ring (bicyclic) bond motifs is 1. The first-order valence-corrected chi connectivity index (χ1v) is 9.87. The summed E-state index contributed by atoms with van der Waals surface area (Å²) in [5.74, 6) is 0.127. The van der Waals surface area contributed by atoms with E-state index in [0.717, 1.165) is 26.7 Å². The molecule has 0 saturated heterocycles. The van der Waals surface area contributed by atoms with Crippen LogP contribution in [0.25, 0.3) is 11.0 Å². The quantitative estimate of drug-likeness (QED) is 0.438. The molecular weight excluding hydrogens is 430 g/mol. The Morgan fingerprint density at radius 1 is 1.07 bits per heavy atom. The molecule has 0 spiro atoms. The van der Waals surface area contributed by atoms with Gasteiger partial charge in [0.05, 0.1) is 5.69 Å². The first-order valence-electron chi connectivity index (χ1n) is 9.07. The molecule has 0 bridgehead atoms. The van der Waals surface area contributed by atoms with Crippen molar-refractivity contribution in [3.8, 4) is 0 Å². The molecule has 0 atom stereocenters. The third-order valence-electron chi connectivity index (χ3n) is 4.43. The van der Waals surface area contributed by atoms with Crippen LogP contribution in [0.15, 0.2) is 80.7 Å². The van der Waals surface area contributed by atoms with Crippen LogP contribution in [0.1, 0.15) is 21.5 Å². The van der Waals surface area contributed by atoms with Gasteiger partial charge in [0.2, 0.25) is 5.55 Å². The number of halogens is 1. The van der Waals surface area contributed by atoms with E-state index in [1.165, 1.54) is 0 Å². The van der Waals surface area contributed by atoms with Crippen LogP contribution in [-0.2, 0) is 0 Å². The zero-order valence-corrected chi connectivity index (χ0v) is 17.5. The van der Waals surface area contributed by atoms with E-state index in [1.807, 2.05) is 56.3 Å². The highest BCUT2D eigenvalue weighted by molar-refractivity contribution is 9.10. The minimum Gasteiger partial charge on any atom is -0.438 e. The molecule has 6 heteroatoms. The number of pyridine rings is 1. The Hall–Kier alpha value is -3.25. The highest BCUT2D eigenvalue weighted by atomic mass is 79.9. The molecule has 2 aromatic carbocycles. The van der Waals surface area contributed by atoms with Crippen molar-refractivity contribution in [1.29, 1.82) is 0 Å². The van der Waals surface area contributed by atoms with E-state index in [0.29, 0.717) is 17.0 Å². The van der Waals surface area contributed by atoms with E-state index in [2.05, 4.69) is 31.2 Å². The van der Waals surface area contributed by atoms with E-state index in [9.17, 15) is 4.79 Å². The van der Waals surface area contributed by atoms with Gasteiger partial charge < -0.3 is 9.73 Å². The molecule has 0 aliphatic carbocycles. The van der Waals surface area contributed by atoms with E-state index >= 15 is 0 Å². The van der Waals surface area contributed by atoms with Crippen LogP contribution in [-0.4, -0.2) is 10.9 Å². The normalized spacial score (nSPS) is 11.6. The lowest BCUT2D eigenvalue weighted by molar-refractivity contribution is 0.102. The van der Waals surface area contributed by atoms with Crippen molar-refractivity contribution in [1.82, 2.24) is 4.98 Å². The maximum Gasteiger partial charge on any atom is 0.262 e. The molecule has 0 saturated carbocycles. The molecule has 1 N–H and O–H groups in total. The van der Waals surface area contributed by atoms with Gasteiger partial charge in [-0.25, -0.2) is 9.98 Å². The average Bonchev–Trinajstić information content (AvgIpc) is 2.70. The van der Waals surface area contributed by atoms with Crippen molar-refractivity contribution in [3.05, 3.63) is 93.6 Å².